The molecular formula is C23H20ClFN2O5S. The Balaban J connectivity index is 1.64. The van der Waals surface area contributed by atoms with Crippen molar-refractivity contribution in [3.05, 3.63) is 89.2 Å². The van der Waals surface area contributed by atoms with E-state index >= 15 is 0 Å². The summed E-state index contributed by atoms with van der Waals surface area (Å²) in [6.45, 7) is 1.34. The molecule has 10 heteroatoms. The van der Waals surface area contributed by atoms with Crippen molar-refractivity contribution in [3.8, 4) is 0 Å². The predicted molar refractivity (Wildman–Crippen MR) is 123 cm³/mol. The molecule has 3 aromatic rings. The fourth-order valence-corrected chi connectivity index (χ4v) is 4.66. The Labute approximate surface area is 195 Å². The van der Waals surface area contributed by atoms with Gasteiger partial charge in [-0.2, -0.15) is 0 Å². The van der Waals surface area contributed by atoms with E-state index in [0.29, 0.717) is 5.69 Å². The maximum atomic E-state index is 13.1. The summed E-state index contributed by atoms with van der Waals surface area (Å²) in [5, 5.41) is 2.41. The highest BCUT2D eigenvalue weighted by molar-refractivity contribution is 7.92. The lowest BCUT2D eigenvalue weighted by Crippen LogP contribution is -2.30. The Morgan fingerprint density at radius 2 is 1.70 bits per heavy atom. The summed E-state index contributed by atoms with van der Waals surface area (Å²) in [6.07, 6.45) is 0. The molecule has 0 unspecified atom stereocenters. The molecule has 0 aromatic heterocycles. The predicted octanol–water partition coefficient (Wildman–Crippen LogP) is 4.49. The van der Waals surface area contributed by atoms with Crippen molar-refractivity contribution in [2.75, 3.05) is 22.8 Å². The van der Waals surface area contributed by atoms with Crippen molar-refractivity contribution in [3.63, 3.8) is 0 Å². The number of esters is 1. The van der Waals surface area contributed by atoms with Gasteiger partial charge >= 0.3 is 5.97 Å². The highest BCUT2D eigenvalue weighted by Crippen LogP contribution is 2.24. The molecule has 3 aromatic carbocycles. The highest BCUT2D eigenvalue weighted by atomic mass is 35.5. The zero-order valence-corrected chi connectivity index (χ0v) is 19.1. The molecule has 7 nitrogen and oxygen atoms in total. The van der Waals surface area contributed by atoms with E-state index in [2.05, 4.69) is 5.32 Å². The van der Waals surface area contributed by atoms with Gasteiger partial charge in [-0.3, -0.25) is 9.10 Å². The number of para-hydroxylation sites is 1. The zero-order chi connectivity index (χ0) is 24.0. The largest absolute Gasteiger partial charge is 0.452 e. The molecule has 1 N–H and O–H groups in total. The van der Waals surface area contributed by atoms with Gasteiger partial charge in [-0.05, 0) is 61.5 Å². The Morgan fingerprint density at radius 1 is 1.03 bits per heavy atom. The number of anilines is 2. The summed E-state index contributed by atoms with van der Waals surface area (Å²) in [5.74, 6) is -2.03. The number of amides is 1. The summed E-state index contributed by atoms with van der Waals surface area (Å²) in [6, 6.07) is 17.3. The molecule has 0 aliphatic rings. The number of sulfonamides is 1. The molecule has 0 heterocycles. The lowest BCUT2D eigenvalue weighted by atomic mass is 10.2. The molecule has 0 aliphatic carbocycles. The third kappa shape index (κ3) is 5.88. The Morgan fingerprint density at radius 3 is 2.30 bits per heavy atom. The Hall–Kier alpha value is -3.43. The molecule has 0 saturated carbocycles. The first-order chi connectivity index (χ1) is 15.7. The van der Waals surface area contributed by atoms with Crippen molar-refractivity contribution in [2.45, 2.75) is 11.8 Å². The van der Waals surface area contributed by atoms with E-state index in [4.69, 9.17) is 16.3 Å². The average molecular weight is 491 g/mol. The van der Waals surface area contributed by atoms with Gasteiger partial charge in [0.15, 0.2) is 6.61 Å². The number of hydrogen-bond acceptors (Lipinski definition) is 5. The molecule has 0 bridgehead atoms. The van der Waals surface area contributed by atoms with Gasteiger partial charge < -0.3 is 10.1 Å². The second-order valence-electron chi connectivity index (χ2n) is 6.78. The number of benzene rings is 3. The van der Waals surface area contributed by atoms with E-state index in [1.165, 1.54) is 34.6 Å². The number of halogens is 2. The maximum absolute atomic E-state index is 13.1. The van der Waals surface area contributed by atoms with Crippen LogP contribution in [0.15, 0.2) is 77.7 Å². The first-order valence-corrected chi connectivity index (χ1v) is 11.6. The number of ether oxygens (including phenoxy) is 1. The molecule has 1 amide bonds. The van der Waals surface area contributed by atoms with Crippen LogP contribution in [0.4, 0.5) is 15.8 Å². The number of carbonyl (C=O) groups is 2. The van der Waals surface area contributed by atoms with Crippen LogP contribution in [0.2, 0.25) is 5.02 Å². The second kappa shape index (κ2) is 10.5. The fourth-order valence-electron chi connectivity index (χ4n) is 2.97. The van der Waals surface area contributed by atoms with E-state index in [0.717, 1.165) is 12.1 Å². The quantitative estimate of drug-likeness (QED) is 0.470. The molecule has 0 spiro atoms. The lowest BCUT2D eigenvalue weighted by molar-refractivity contribution is -0.119. The minimum absolute atomic E-state index is 0.00287. The van der Waals surface area contributed by atoms with E-state index in [1.54, 1.807) is 37.3 Å². The highest BCUT2D eigenvalue weighted by Gasteiger charge is 2.24. The van der Waals surface area contributed by atoms with Crippen LogP contribution in [0.5, 0.6) is 0 Å². The monoisotopic (exact) mass is 490 g/mol. The molecule has 0 saturated heterocycles. The smallest absolute Gasteiger partial charge is 0.338 e. The number of hydrogen-bond donors (Lipinski definition) is 1. The van der Waals surface area contributed by atoms with Gasteiger partial charge in [0.25, 0.3) is 15.9 Å². The number of nitrogens with one attached hydrogen (secondary N) is 1. The van der Waals surface area contributed by atoms with Gasteiger partial charge in [0.1, 0.15) is 5.82 Å². The molecular weight excluding hydrogens is 471 g/mol. The van der Waals surface area contributed by atoms with Gasteiger partial charge in [-0.25, -0.2) is 17.6 Å². The van der Waals surface area contributed by atoms with Crippen molar-refractivity contribution in [1.82, 2.24) is 0 Å². The van der Waals surface area contributed by atoms with Crippen LogP contribution in [0.1, 0.15) is 17.3 Å². The van der Waals surface area contributed by atoms with Crippen LogP contribution in [-0.4, -0.2) is 33.4 Å². The summed E-state index contributed by atoms with van der Waals surface area (Å²) in [7, 11) is -3.84. The van der Waals surface area contributed by atoms with Gasteiger partial charge in [0.2, 0.25) is 0 Å². The minimum atomic E-state index is -3.84. The standard InChI is InChI=1S/C23H20ClFN2O5S/c1-2-27(18-6-4-3-5-7-18)33(30,31)19-11-8-16(9-12-19)23(29)32-15-22(28)26-21-13-10-17(25)14-20(21)24/h3-14H,2,15H2,1H3,(H,26,28). The van der Waals surface area contributed by atoms with Crippen molar-refractivity contribution >= 4 is 44.9 Å². The SMILES string of the molecule is CCN(c1ccccc1)S(=O)(=O)c1ccc(C(=O)OCC(=O)Nc2ccc(F)cc2Cl)cc1. The number of carbonyl (C=O) groups excluding carboxylic acids is 2. The topological polar surface area (TPSA) is 92.8 Å². The number of rotatable bonds is 8. The van der Waals surface area contributed by atoms with Gasteiger partial charge in [-0.15, -0.1) is 0 Å². The molecule has 0 fully saturated rings. The minimum Gasteiger partial charge on any atom is -0.452 e. The average Bonchev–Trinajstić information content (AvgIpc) is 2.80. The van der Waals surface area contributed by atoms with Crippen LogP contribution < -0.4 is 9.62 Å². The van der Waals surface area contributed by atoms with Crippen LogP contribution in [-0.2, 0) is 19.6 Å². The Kier molecular flexibility index (Phi) is 7.67. The van der Waals surface area contributed by atoms with Crippen LogP contribution >= 0.6 is 11.6 Å². The molecule has 0 radical (unpaired) electrons. The molecule has 0 atom stereocenters. The summed E-state index contributed by atoms with van der Waals surface area (Å²) in [4.78, 5) is 24.2. The van der Waals surface area contributed by atoms with Crippen LogP contribution in [0.25, 0.3) is 0 Å². The van der Waals surface area contributed by atoms with Crippen molar-refractivity contribution in [2.24, 2.45) is 0 Å². The van der Waals surface area contributed by atoms with Gasteiger partial charge in [0.05, 0.1) is 26.9 Å². The maximum Gasteiger partial charge on any atom is 0.338 e. The van der Waals surface area contributed by atoms with Crippen LogP contribution in [0.3, 0.4) is 0 Å². The number of nitrogens with zero attached hydrogens (tertiary/aromatic N) is 1. The lowest BCUT2D eigenvalue weighted by Gasteiger charge is -2.22. The molecule has 172 valence electrons. The third-order valence-corrected chi connectivity index (χ3v) is 6.78. The normalized spacial score (nSPS) is 11.0. The summed E-state index contributed by atoms with van der Waals surface area (Å²) in [5.41, 5.74) is 0.771. The van der Waals surface area contributed by atoms with Gasteiger partial charge in [-0.1, -0.05) is 29.8 Å². The first-order valence-electron chi connectivity index (χ1n) is 9.82. The second-order valence-corrected chi connectivity index (χ2v) is 9.05. The van der Waals surface area contributed by atoms with E-state index < -0.39 is 34.3 Å². The van der Waals surface area contributed by atoms with Crippen molar-refractivity contribution < 1.29 is 27.1 Å². The fraction of sp³-hybridized carbons (Fsp3) is 0.130. The van der Waals surface area contributed by atoms with Gasteiger partial charge in [0, 0.05) is 6.54 Å². The van der Waals surface area contributed by atoms with E-state index in [1.807, 2.05) is 0 Å². The van der Waals surface area contributed by atoms with Crippen molar-refractivity contribution in [1.29, 1.82) is 0 Å². The van der Waals surface area contributed by atoms with E-state index in [9.17, 15) is 22.4 Å². The zero-order valence-electron chi connectivity index (χ0n) is 17.5. The Bertz CT molecular complexity index is 1250. The molecule has 33 heavy (non-hydrogen) atoms. The molecule has 0 aliphatic heterocycles. The third-order valence-electron chi connectivity index (χ3n) is 4.55. The first kappa shape index (κ1) is 24.2. The summed E-state index contributed by atoms with van der Waals surface area (Å²) >= 11 is 5.84. The summed E-state index contributed by atoms with van der Waals surface area (Å²) < 4.78 is 45.3. The van der Waals surface area contributed by atoms with Crippen LogP contribution in [0, 0.1) is 5.82 Å². The molecule has 3 rings (SSSR count). The van der Waals surface area contributed by atoms with E-state index in [-0.39, 0.29) is 27.7 Å².